The summed E-state index contributed by atoms with van der Waals surface area (Å²) in [4.78, 5) is 1.54. The summed E-state index contributed by atoms with van der Waals surface area (Å²) >= 11 is 9.91. The minimum Gasteiger partial charge on any atom is -0.302 e. The van der Waals surface area contributed by atoms with Gasteiger partial charge in [-0.2, -0.15) is 0 Å². The standard InChI is InChI=1S/C20H22ClN3S2/c1-2-11-24-19(16-13-25-18-10-6-4-8-15(16)18)22-23-20(24)26-12-14-7-3-5-9-17(14)21/h3,5,7,9,13H,2,4,6,8,10-12H2,1H3. The number of rotatable bonds is 6. The molecule has 26 heavy (non-hydrogen) atoms. The van der Waals surface area contributed by atoms with Crippen LogP contribution in [0.25, 0.3) is 11.4 Å². The monoisotopic (exact) mass is 403 g/mol. The van der Waals surface area contributed by atoms with Crippen LogP contribution in [-0.4, -0.2) is 14.8 Å². The first-order chi connectivity index (χ1) is 12.8. The van der Waals surface area contributed by atoms with Crippen molar-refractivity contribution < 1.29 is 0 Å². The van der Waals surface area contributed by atoms with E-state index in [1.165, 1.54) is 36.8 Å². The third-order valence-electron chi connectivity index (χ3n) is 4.78. The fourth-order valence-corrected chi connectivity index (χ4v) is 5.83. The Kier molecular flexibility index (Phi) is 5.67. The normalized spacial score (nSPS) is 13.8. The van der Waals surface area contributed by atoms with Gasteiger partial charge >= 0.3 is 0 Å². The summed E-state index contributed by atoms with van der Waals surface area (Å²) < 4.78 is 2.29. The molecule has 0 saturated carbocycles. The molecular formula is C20H22ClN3S2. The molecule has 0 bridgehead atoms. The molecule has 4 rings (SSSR count). The molecule has 0 fully saturated rings. The molecule has 0 unspecified atom stereocenters. The zero-order valence-corrected chi connectivity index (χ0v) is 17.3. The van der Waals surface area contributed by atoms with E-state index in [4.69, 9.17) is 11.6 Å². The van der Waals surface area contributed by atoms with E-state index in [1.54, 1.807) is 16.6 Å². The van der Waals surface area contributed by atoms with Gasteiger partial charge in [0.2, 0.25) is 0 Å². The minimum absolute atomic E-state index is 0.809. The number of thioether (sulfide) groups is 1. The molecule has 0 amide bonds. The molecule has 1 aliphatic carbocycles. The average molecular weight is 404 g/mol. The molecule has 0 saturated heterocycles. The van der Waals surface area contributed by atoms with Crippen LogP contribution >= 0.6 is 34.7 Å². The van der Waals surface area contributed by atoms with Gasteiger partial charge in [-0.1, -0.05) is 48.5 Å². The second-order valence-corrected chi connectivity index (χ2v) is 8.91. The Hall–Kier alpha value is -1.30. The van der Waals surface area contributed by atoms with Crippen LogP contribution in [0.1, 0.15) is 42.2 Å². The first-order valence-electron chi connectivity index (χ1n) is 9.17. The topological polar surface area (TPSA) is 30.7 Å². The molecule has 136 valence electrons. The molecule has 6 heteroatoms. The van der Waals surface area contributed by atoms with Crippen LogP contribution in [0, 0.1) is 0 Å². The predicted molar refractivity (Wildman–Crippen MR) is 111 cm³/mol. The van der Waals surface area contributed by atoms with Crippen LogP contribution in [-0.2, 0) is 25.1 Å². The van der Waals surface area contributed by atoms with E-state index in [9.17, 15) is 0 Å². The van der Waals surface area contributed by atoms with Gasteiger partial charge in [-0.15, -0.1) is 21.5 Å². The summed E-state index contributed by atoms with van der Waals surface area (Å²) in [6.45, 7) is 3.15. The van der Waals surface area contributed by atoms with Crippen molar-refractivity contribution in [2.75, 3.05) is 0 Å². The van der Waals surface area contributed by atoms with E-state index in [2.05, 4.69) is 33.1 Å². The zero-order chi connectivity index (χ0) is 17.9. The first-order valence-corrected chi connectivity index (χ1v) is 11.4. The molecule has 0 radical (unpaired) electrons. The van der Waals surface area contributed by atoms with Gasteiger partial charge in [0.1, 0.15) is 0 Å². The van der Waals surface area contributed by atoms with E-state index >= 15 is 0 Å². The van der Waals surface area contributed by atoms with Gasteiger partial charge in [0.05, 0.1) is 0 Å². The van der Waals surface area contributed by atoms with Crippen molar-refractivity contribution in [2.45, 2.75) is 56.5 Å². The van der Waals surface area contributed by atoms with E-state index in [0.29, 0.717) is 0 Å². The Bertz CT molecular complexity index is 900. The lowest BCUT2D eigenvalue weighted by atomic mass is 9.95. The highest BCUT2D eigenvalue weighted by molar-refractivity contribution is 7.98. The van der Waals surface area contributed by atoms with Crippen LogP contribution in [0.15, 0.2) is 34.8 Å². The molecule has 1 aliphatic rings. The average Bonchev–Trinajstić information content (AvgIpc) is 3.25. The van der Waals surface area contributed by atoms with Gasteiger partial charge in [-0.25, -0.2) is 0 Å². The zero-order valence-electron chi connectivity index (χ0n) is 14.9. The molecule has 3 aromatic rings. The lowest BCUT2D eigenvalue weighted by Crippen LogP contribution is -2.05. The summed E-state index contributed by atoms with van der Waals surface area (Å²) in [7, 11) is 0. The van der Waals surface area contributed by atoms with Crippen LogP contribution in [0.4, 0.5) is 0 Å². The molecule has 2 aromatic heterocycles. The lowest BCUT2D eigenvalue weighted by Gasteiger charge is -2.13. The molecule has 1 aromatic carbocycles. The summed E-state index contributed by atoms with van der Waals surface area (Å²) in [6.07, 6.45) is 6.06. The van der Waals surface area contributed by atoms with Crippen molar-refractivity contribution in [3.05, 3.63) is 50.7 Å². The SMILES string of the molecule is CCCn1c(SCc2ccccc2Cl)nnc1-c1csc2c1CCCC2. The van der Waals surface area contributed by atoms with Crippen LogP contribution in [0.3, 0.4) is 0 Å². The largest absolute Gasteiger partial charge is 0.302 e. The maximum absolute atomic E-state index is 6.30. The molecular weight excluding hydrogens is 382 g/mol. The van der Waals surface area contributed by atoms with Crippen molar-refractivity contribution in [3.63, 3.8) is 0 Å². The van der Waals surface area contributed by atoms with Gasteiger partial charge in [-0.3, -0.25) is 0 Å². The number of halogens is 1. The summed E-state index contributed by atoms with van der Waals surface area (Å²) in [5.74, 6) is 1.84. The van der Waals surface area contributed by atoms with Gasteiger partial charge in [0.15, 0.2) is 11.0 Å². The minimum atomic E-state index is 0.809. The molecule has 0 aliphatic heterocycles. The number of thiophene rings is 1. The second-order valence-electron chi connectivity index (χ2n) is 6.60. The molecule has 3 nitrogen and oxygen atoms in total. The fourth-order valence-electron chi connectivity index (χ4n) is 3.46. The van der Waals surface area contributed by atoms with Crippen molar-refractivity contribution in [1.29, 1.82) is 0 Å². The number of hydrogen-bond acceptors (Lipinski definition) is 4. The van der Waals surface area contributed by atoms with Crippen LogP contribution in [0.2, 0.25) is 5.02 Å². The smallest absolute Gasteiger partial charge is 0.191 e. The maximum atomic E-state index is 6.30. The summed E-state index contributed by atoms with van der Waals surface area (Å²) in [5.41, 5.74) is 3.95. The van der Waals surface area contributed by atoms with Crippen LogP contribution < -0.4 is 0 Å². The van der Waals surface area contributed by atoms with Crippen LogP contribution in [0.5, 0.6) is 0 Å². The molecule has 0 N–H and O–H groups in total. The van der Waals surface area contributed by atoms with Crippen molar-refractivity contribution >= 4 is 34.7 Å². The van der Waals surface area contributed by atoms with Crippen molar-refractivity contribution in [2.24, 2.45) is 0 Å². The first kappa shape index (κ1) is 18.1. The third-order valence-corrected chi connectivity index (χ3v) is 7.25. The number of hydrogen-bond donors (Lipinski definition) is 0. The van der Waals surface area contributed by atoms with E-state index in [0.717, 1.165) is 40.3 Å². The van der Waals surface area contributed by atoms with Crippen molar-refractivity contribution in [3.8, 4) is 11.4 Å². The number of nitrogens with zero attached hydrogens (tertiary/aromatic N) is 3. The Morgan fingerprint density at radius 3 is 2.88 bits per heavy atom. The van der Waals surface area contributed by atoms with Crippen molar-refractivity contribution in [1.82, 2.24) is 14.8 Å². The summed E-state index contributed by atoms with van der Waals surface area (Å²) in [5, 5.41) is 13.2. The second kappa shape index (κ2) is 8.15. The van der Waals surface area contributed by atoms with E-state index < -0.39 is 0 Å². The van der Waals surface area contributed by atoms with Gasteiger partial charge < -0.3 is 4.57 Å². The summed E-state index contributed by atoms with van der Waals surface area (Å²) in [6, 6.07) is 8.01. The molecule has 0 spiro atoms. The number of aryl methyl sites for hydroxylation is 1. The number of fused-ring (bicyclic) bond motifs is 1. The maximum Gasteiger partial charge on any atom is 0.191 e. The Morgan fingerprint density at radius 1 is 1.19 bits per heavy atom. The van der Waals surface area contributed by atoms with Gasteiger partial charge in [0.25, 0.3) is 0 Å². The highest BCUT2D eigenvalue weighted by Gasteiger charge is 2.22. The van der Waals surface area contributed by atoms with Gasteiger partial charge in [-0.05, 0) is 49.3 Å². The molecule has 2 heterocycles. The fraction of sp³-hybridized carbons (Fsp3) is 0.400. The number of aromatic nitrogens is 3. The predicted octanol–water partition coefficient (Wildman–Crippen LogP) is 6.24. The third kappa shape index (κ3) is 3.57. The van der Waals surface area contributed by atoms with Gasteiger partial charge in [0, 0.05) is 33.1 Å². The quantitative estimate of drug-likeness (QED) is 0.456. The highest BCUT2D eigenvalue weighted by atomic mass is 35.5. The molecule has 0 atom stereocenters. The lowest BCUT2D eigenvalue weighted by molar-refractivity contribution is 0.625. The highest BCUT2D eigenvalue weighted by Crippen LogP contribution is 2.37. The van der Waals surface area contributed by atoms with E-state index in [1.807, 2.05) is 29.5 Å². The Labute approximate surface area is 167 Å². The Balaban J connectivity index is 1.63. The van der Waals surface area contributed by atoms with E-state index in [-0.39, 0.29) is 0 Å². The Morgan fingerprint density at radius 2 is 2.04 bits per heavy atom. The number of benzene rings is 1.